The van der Waals surface area contributed by atoms with Gasteiger partial charge in [0.05, 0.1) is 17.5 Å². The molecule has 1 heterocycles. The first-order valence-corrected chi connectivity index (χ1v) is 12.8. The molecule has 1 fully saturated rings. The summed E-state index contributed by atoms with van der Waals surface area (Å²) in [5, 5.41) is 0. The van der Waals surface area contributed by atoms with Crippen LogP contribution < -0.4 is 0 Å². The molecule has 0 radical (unpaired) electrons. The Morgan fingerprint density at radius 1 is 1.03 bits per heavy atom. The molecular weight excluding hydrogens is 453 g/mol. The fourth-order valence-electron chi connectivity index (χ4n) is 4.70. The van der Waals surface area contributed by atoms with Crippen LogP contribution in [0.15, 0.2) is 83.8 Å². The lowest BCUT2D eigenvalue weighted by molar-refractivity contribution is -0.152. The zero-order chi connectivity index (χ0) is 24.3. The topological polar surface area (TPSA) is 63.7 Å². The van der Waals surface area contributed by atoms with Gasteiger partial charge in [-0.25, -0.2) is 12.8 Å². The number of hydrogen-bond acceptors (Lipinski definition) is 4. The molecule has 4 rings (SSSR count). The second-order valence-corrected chi connectivity index (χ2v) is 10.5. The lowest BCUT2D eigenvalue weighted by Crippen LogP contribution is -2.54. The summed E-state index contributed by atoms with van der Waals surface area (Å²) in [7, 11) is -4.01. The van der Waals surface area contributed by atoms with E-state index in [1.165, 1.54) is 10.4 Å². The molecule has 0 amide bonds. The van der Waals surface area contributed by atoms with Crippen molar-refractivity contribution in [1.29, 1.82) is 0 Å². The van der Waals surface area contributed by atoms with Crippen LogP contribution in [0.4, 0.5) is 4.39 Å². The molecule has 5 nitrogen and oxygen atoms in total. The van der Waals surface area contributed by atoms with Gasteiger partial charge in [-0.1, -0.05) is 66.2 Å². The minimum atomic E-state index is -4.01. The highest BCUT2D eigenvalue weighted by Gasteiger charge is 2.52. The lowest BCUT2D eigenvalue weighted by Gasteiger charge is -2.45. The molecule has 0 aromatic heterocycles. The molecule has 7 heteroatoms. The Hall–Kier alpha value is -3.03. The molecule has 2 atom stereocenters. The van der Waals surface area contributed by atoms with E-state index in [-0.39, 0.29) is 30.0 Å². The average molecular weight is 482 g/mol. The van der Waals surface area contributed by atoms with E-state index in [1.807, 2.05) is 37.3 Å². The molecule has 0 spiro atoms. The zero-order valence-corrected chi connectivity index (χ0v) is 20.1. The van der Waals surface area contributed by atoms with Gasteiger partial charge in [0, 0.05) is 12.1 Å². The van der Waals surface area contributed by atoms with Gasteiger partial charge in [-0.05, 0) is 50.5 Å². The number of esters is 1. The van der Waals surface area contributed by atoms with Gasteiger partial charge in [0.2, 0.25) is 10.0 Å². The van der Waals surface area contributed by atoms with E-state index in [1.54, 1.807) is 49.4 Å². The maximum absolute atomic E-state index is 15.1. The Balaban J connectivity index is 1.88. The van der Waals surface area contributed by atoms with Crippen LogP contribution in [0, 0.1) is 12.7 Å². The van der Waals surface area contributed by atoms with Gasteiger partial charge < -0.3 is 4.74 Å². The summed E-state index contributed by atoms with van der Waals surface area (Å²) >= 11 is 0. The Bertz CT molecular complexity index is 1260. The van der Waals surface area contributed by atoms with E-state index in [2.05, 4.69) is 0 Å². The molecule has 1 aliphatic heterocycles. The first-order chi connectivity index (χ1) is 16.3. The molecule has 1 saturated heterocycles. The van der Waals surface area contributed by atoms with Crippen LogP contribution in [0.1, 0.15) is 42.5 Å². The van der Waals surface area contributed by atoms with Crippen LogP contribution in [0.3, 0.4) is 0 Å². The second kappa shape index (κ2) is 9.68. The van der Waals surface area contributed by atoms with Crippen LogP contribution in [-0.2, 0) is 25.0 Å². The Morgan fingerprint density at radius 3 is 2.32 bits per heavy atom. The number of aryl methyl sites for hydroxylation is 1. The number of nitrogens with zero attached hydrogens (tertiary/aromatic N) is 1. The predicted octanol–water partition coefficient (Wildman–Crippen LogP) is 5.16. The fourth-order valence-corrected chi connectivity index (χ4v) is 6.41. The Kier molecular flexibility index (Phi) is 6.86. The van der Waals surface area contributed by atoms with Crippen LogP contribution in [0.5, 0.6) is 0 Å². The lowest BCUT2D eigenvalue weighted by atomic mass is 9.72. The van der Waals surface area contributed by atoms with Crippen LogP contribution in [-0.4, -0.2) is 31.8 Å². The van der Waals surface area contributed by atoms with Crippen molar-refractivity contribution in [3.8, 4) is 0 Å². The number of benzene rings is 3. The van der Waals surface area contributed by atoms with Crippen LogP contribution >= 0.6 is 0 Å². The molecule has 0 unspecified atom stereocenters. The molecule has 1 aliphatic rings. The van der Waals surface area contributed by atoms with Gasteiger partial charge in [-0.3, -0.25) is 4.79 Å². The molecule has 0 aliphatic carbocycles. The molecule has 0 N–H and O–H groups in total. The second-order valence-electron chi connectivity index (χ2n) is 8.61. The maximum atomic E-state index is 15.1. The number of carbonyl (C=O) groups is 1. The largest absolute Gasteiger partial charge is 0.465 e. The van der Waals surface area contributed by atoms with Gasteiger partial charge in [-0.15, -0.1) is 0 Å². The van der Waals surface area contributed by atoms with Crippen molar-refractivity contribution in [2.24, 2.45) is 0 Å². The highest BCUT2D eigenvalue weighted by molar-refractivity contribution is 7.89. The van der Waals surface area contributed by atoms with Gasteiger partial charge in [0.1, 0.15) is 11.2 Å². The third-order valence-electron chi connectivity index (χ3n) is 6.49. The van der Waals surface area contributed by atoms with Crippen molar-refractivity contribution in [2.45, 2.75) is 43.0 Å². The average Bonchev–Trinajstić information content (AvgIpc) is 2.85. The van der Waals surface area contributed by atoms with Crippen molar-refractivity contribution in [2.75, 3.05) is 13.2 Å². The molecule has 3 aromatic carbocycles. The number of ether oxygens (including phenoxy) is 1. The standard InChI is InChI=1S/C27H28FNO4S/c1-3-33-26(30)27(23-11-7-8-12-24(23)28)18-17-25(21-9-5-4-6-10-21)29(19-27)34(31,32)22-15-13-20(2)14-16-22/h4-16,25H,3,17-19H2,1-2H3/t25-,27-/m1/s1. The minimum absolute atomic E-state index is 0.113. The van der Waals surface area contributed by atoms with Crippen molar-refractivity contribution in [3.63, 3.8) is 0 Å². The summed E-state index contributed by atoms with van der Waals surface area (Å²) in [6.07, 6.45) is 0.592. The monoisotopic (exact) mass is 481 g/mol. The summed E-state index contributed by atoms with van der Waals surface area (Å²) in [6, 6.07) is 21.5. The van der Waals surface area contributed by atoms with E-state index in [0.29, 0.717) is 6.42 Å². The highest BCUT2D eigenvalue weighted by Crippen LogP contribution is 2.45. The smallest absolute Gasteiger partial charge is 0.318 e. The van der Waals surface area contributed by atoms with E-state index in [0.717, 1.165) is 11.1 Å². The first-order valence-electron chi connectivity index (χ1n) is 11.4. The summed E-state index contributed by atoms with van der Waals surface area (Å²) in [5.74, 6) is -1.17. The van der Waals surface area contributed by atoms with Crippen molar-refractivity contribution < 1.29 is 22.3 Å². The number of hydrogen-bond donors (Lipinski definition) is 0. The highest BCUT2D eigenvalue weighted by atomic mass is 32.2. The molecule has 0 bridgehead atoms. The van der Waals surface area contributed by atoms with E-state index in [4.69, 9.17) is 4.74 Å². The van der Waals surface area contributed by atoms with Gasteiger partial charge >= 0.3 is 5.97 Å². The molecular formula is C27H28FNO4S. The summed E-state index contributed by atoms with van der Waals surface area (Å²) in [6.45, 7) is 3.46. The first kappa shape index (κ1) is 24.1. The van der Waals surface area contributed by atoms with E-state index >= 15 is 4.39 Å². The van der Waals surface area contributed by atoms with Crippen molar-refractivity contribution >= 4 is 16.0 Å². The zero-order valence-electron chi connectivity index (χ0n) is 19.3. The SMILES string of the molecule is CCOC(=O)[C@]1(c2ccccc2F)CC[C@H](c2ccccc2)N(S(=O)(=O)c2ccc(C)cc2)C1. The summed E-state index contributed by atoms with van der Waals surface area (Å²) in [4.78, 5) is 13.5. The van der Waals surface area contributed by atoms with Gasteiger partial charge in [-0.2, -0.15) is 4.31 Å². The van der Waals surface area contributed by atoms with Crippen molar-refractivity contribution in [1.82, 2.24) is 4.31 Å². The molecule has 0 saturated carbocycles. The van der Waals surface area contributed by atoms with E-state index < -0.39 is 33.3 Å². The Morgan fingerprint density at radius 2 is 1.68 bits per heavy atom. The number of sulfonamides is 1. The molecule has 178 valence electrons. The maximum Gasteiger partial charge on any atom is 0.318 e. The minimum Gasteiger partial charge on any atom is -0.465 e. The van der Waals surface area contributed by atoms with Crippen LogP contribution in [0.2, 0.25) is 0 Å². The number of piperidine rings is 1. The number of rotatable bonds is 6. The number of carbonyl (C=O) groups excluding carboxylic acids is 1. The van der Waals surface area contributed by atoms with Crippen molar-refractivity contribution in [3.05, 3.63) is 101 Å². The number of halogens is 1. The molecule has 34 heavy (non-hydrogen) atoms. The third kappa shape index (κ3) is 4.38. The van der Waals surface area contributed by atoms with Crippen LogP contribution in [0.25, 0.3) is 0 Å². The quantitative estimate of drug-likeness (QED) is 0.456. The van der Waals surface area contributed by atoms with Gasteiger partial charge in [0.25, 0.3) is 0 Å². The third-order valence-corrected chi connectivity index (χ3v) is 8.35. The summed E-state index contributed by atoms with van der Waals surface area (Å²) in [5.41, 5.74) is 0.461. The Labute approximate surface area is 200 Å². The normalized spacial score (nSPS) is 21.2. The van der Waals surface area contributed by atoms with Gasteiger partial charge in [0.15, 0.2) is 0 Å². The summed E-state index contributed by atoms with van der Waals surface area (Å²) < 4.78 is 49.7. The fraction of sp³-hybridized carbons (Fsp3) is 0.296. The predicted molar refractivity (Wildman–Crippen MR) is 128 cm³/mol. The molecule has 3 aromatic rings. The van der Waals surface area contributed by atoms with E-state index in [9.17, 15) is 13.2 Å².